The molecule has 2 heterocycles. The smallest absolute Gasteiger partial charge is 0.165 e. The van der Waals surface area contributed by atoms with E-state index < -0.39 is 0 Å². The molecule has 2 fully saturated rings. The molecular weight excluding hydrogens is 364 g/mol. The van der Waals surface area contributed by atoms with Crippen molar-refractivity contribution in [3.05, 3.63) is 83.4 Å². The van der Waals surface area contributed by atoms with Gasteiger partial charge in [-0.15, -0.1) is 0 Å². The third-order valence-corrected chi connectivity index (χ3v) is 5.80. The van der Waals surface area contributed by atoms with Crippen molar-refractivity contribution in [2.24, 2.45) is 0 Å². The Kier molecular flexibility index (Phi) is 4.06. The van der Waals surface area contributed by atoms with Gasteiger partial charge >= 0.3 is 0 Å². The second-order valence-electron chi connectivity index (χ2n) is 7.81. The number of ether oxygens (including phenoxy) is 4. The lowest BCUT2D eigenvalue weighted by molar-refractivity contribution is 0.226. The summed E-state index contributed by atoms with van der Waals surface area (Å²) >= 11 is 0. The second-order valence-corrected chi connectivity index (χ2v) is 7.81. The predicted octanol–water partition coefficient (Wildman–Crippen LogP) is 4.40. The van der Waals surface area contributed by atoms with Crippen LogP contribution in [0.25, 0.3) is 11.1 Å². The Labute approximate surface area is 170 Å². The number of rotatable bonds is 7. The molecule has 4 nitrogen and oxygen atoms in total. The SMILES string of the molecule is c1ccc2c(c1)-c1ccccc1C2c1cccc(OCC2CO2)c1OCC1CO1. The number of hydrogen-bond acceptors (Lipinski definition) is 4. The lowest BCUT2D eigenvalue weighted by Gasteiger charge is -2.21. The van der Waals surface area contributed by atoms with Crippen molar-refractivity contribution in [1.82, 2.24) is 0 Å². The molecule has 2 aliphatic heterocycles. The molecule has 3 aliphatic rings. The van der Waals surface area contributed by atoms with Crippen LogP contribution in [0, 0.1) is 0 Å². The maximum atomic E-state index is 6.30. The van der Waals surface area contributed by atoms with Crippen molar-refractivity contribution in [3.63, 3.8) is 0 Å². The first kappa shape index (κ1) is 17.1. The van der Waals surface area contributed by atoms with E-state index in [9.17, 15) is 0 Å². The van der Waals surface area contributed by atoms with Crippen LogP contribution in [0.3, 0.4) is 0 Å². The Balaban J connectivity index is 1.46. The van der Waals surface area contributed by atoms with Crippen LogP contribution in [0.2, 0.25) is 0 Å². The van der Waals surface area contributed by atoms with E-state index in [2.05, 4.69) is 60.7 Å². The van der Waals surface area contributed by atoms with Crippen LogP contribution < -0.4 is 9.47 Å². The highest BCUT2D eigenvalue weighted by Crippen LogP contribution is 2.51. The molecule has 1 aliphatic carbocycles. The van der Waals surface area contributed by atoms with E-state index in [4.69, 9.17) is 18.9 Å². The molecule has 4 heteroatoms. The molecule has 0 saturated carbocycles. The molecule has 2 atom stereocenters. The minimum Gasteiger partial charge on any atom is -0.487 e. The maximum Gasteiger partial charge on any atom is 0.165 e. The molecule has 0 spiro atoms. The molecule has 0 amide bonds. The molecule has 146 valence electrons. The highest BCUT2D eigenvalue weighted by molar-refractivity contribution is 5.81. The average Bonchev–Trinajstić information content (AvgIpc) is 3.69. The topological polar surface area (TPSA) is 43.5 Å². The van der Waals surface area contributed by atoms with Gasteiger partial charge in [-0.3, -0.25) is 0 Å². The van der Waals surface area contributed by atoms with Gasteiger partial charge in [-0.25, -0.2) is 0 Å². The lowest BCUT2D eigenvalue weighted by Crippen LogP contribution is -2.12. The van der Waals surface area contributed by atoms with Gasteiger partial charge < -0.3 is 18.9 Å². The van der Waals surface area contributed by atoms with Gasteiger partial charge in [0.1, 0.15) is 25.4 Å². The van der Waals surface area contributed by atoms with Gasteiger partial charge in [-0.05, 0) is 28.3 Å². The average molecular weight is 386 g/mol. The lowest BCUT2D eigenvalue weighted by atomic mass is 9.88. The number of benzene rings is 3. The molecule has 29 heavy (non-hydrogen) atoms. The van der Waals surface area contributed by atoms with Gasteiger partial charge in [0.05, 0.1) is 13.2 Å². The molecule has 6 rings (SSSR count). The van der Waals surface area contributed by atoms with Gasteiger partial charge in [-0.2, -0.15) is 0 Å². The second kappa shape index (κ2) is 6.90. The third kappa shape index (κ3) is 3.18. The molecule has 3 aromatic carbocycles. The van der Waals surface area contributed by atoms with Crippen molar-refractivity contribution in [3.8, 4) is 22.6 Å². The summed E-state index contributed by atoms with van der Waals surface area (Å²) in [4.78, 5) is 0. The minimum absolute atomic E-state index is 0.123. The molecule has 2 saturated heterocycles. The zero-order valence-electron chi connectivity index (χ0n) is 16.0. The van der Waals surface area contributed by atoms with Gasteiger partial charge in [0, 0.05) is 11.5 Å². The van der Waals surface area contributed by atoms with Crippen LogP contribution in [0.1, 0.15) is 22.6 Å². The normalized spacial score (nSPS) is 21.4. The summed E-state index contributed by atoms with van der Waals surface area (Å²) < 4.78 is 23.1. The maximum absolute atomic E-state index is 6.30. The van der Waals surface area contributed by atoms with Crippen molar-refractivity contribution in [1.29, 1.82) is 0 Å². The van der Waals surface area contributed by atoms with Crippen LogP contribution in [0.15, 0.2) is 66.7 Å². The Bertz CT molecular complexity index is 1010. The Hall–Kier alpha value is -2.82. The van der Waals surface area contributed by atoms with Crippen molar-refractivity contribution < 1.29 is 18.9 Å². The van der Waals surface area contributed by atoms with Crippen molar-refractivity contribution in [2.75, 3.05) is 26.4 Å². The first-order valence-electron chi connectivity index (χ1n) is 10.2. The van der Waals surface area contributed by atoms with E-state index in [1.807, 2.05) is 6.07 Å². The number of fused-ring (bicyclic) bond motifs is 3. The van der Waals surface area contributed by atoms with E-state index in [-0.39, 0.29) is 18.1 Å². The van der Waals surface area contributed by atoms with Gasteiger partial charge in [0.15, 0.2) is 11.5 Å². The molecule has 2 unspecified atom stereocenters. The van der Waals surface area contributed by atoms with E-state index in [0.29, 0.717) is 13.2 Å². The predicted molar refractivity (Wildman–Crippen MR) is 110 cm³/mol. The summed E-state index contributed by atoms with van der Waals surface area (Å²) in [7, 11) is 0. The van der Waals surface area contributed by atoms with Crippen LogP contribution in [0.5, 0.6) is 11.5 Å². The summed E-state index contributed by atoms with van der Waals surface area (Å²) in [5.74, 6) is 1.72. The minimum atomic E-state index is 0.123. The first-order chi connectivity index (χ1) is 14.4. The van der Waals surface area contributed by atoms with Gasteiger partial charge in [-0.1, -0.05) is 60.7 Å². The fourth-order valence-electron chi connectivity index (χ4n) is 4.21. The number of para-hydroxylation sites is 1. The fourth-order valence-corrected chi connectivity index (χ4v) is 4.21. The van der Waals surface area contributed by atoms with Gasteiger partial charge in [0.25, 0.3) is 0 Å². The van der Waals surface area contributed by atoms with E-state index >= 15 is 0 Å². The zero-order valence-corrected chi connectivity index (χ0v) is 16.0. The van der Waals surface area contributed by atoms with Crippen LogP contribution in [-0.2, 0) is 9.47 Å². The Morgan fingerprint density at radius 1 is 0.655 bits per heavy atom. The number of hydrogen-bond donors (Lipinski definition) is 0. The van der Waals surface area contributed by atoms with E-state index in [1.54, 1.807) is 0 Å². The third-order valence-electron chi connectivity index (χ3n) is 5.80. The summed E-state index contributed by atoms with van der Waals surface area (Å²) in [6.07, 6.45) is 0.386. The molecule has 0 radical (unpaired) electrons. The van der Waals surface area contributed by atoms with Crippen LogP contribution in [0.4, 0.5) is 0 Å². The highest BCUT2D eigenvalue weighted by Gasteiger charge is 2.33. The molecule has 0 aromatic heterocycles. The molecular formula is C25H22O4. The van der Waals surface area contributed by atoms with Gasteiger partial charge in [0.2, 0.25) is 0 Å². The molecule has 0 N–H and O–H groups in total. The fraction of sp³-hybridized carbons (Fsp3) is 0.280. The first-order valence-corrected chi connectivity index (χ1v) is 10.2. The summed E-state index contributed by atoms with van der Waals surface area (Å²) in [6.45, 7) is 2.64. The number of epoxide rings is 2. The quantitative estimate of drug-likeness (QED) is 0.442. The highest BCUT2D eigenvalue weighted by atomic mass is 16.6. The standard InChI is InChI=1S/C25H22O4/c1-3-8-20-18(6-1)19-7-2-4-9-21(19)24(20)22-10-5-11-23(28-14-16-12-26-16)25(22)29-15-17-13-27-17/h1-11,16-17,24H,12-15H2. The summed E-state index contributed by atoms with van der Waals surface area (Å²) in [6, 6.07) is 23.5. The van der Waals surface area contributed by atoms with E-state index in [1.165, 1.54) is 22.3 Å². The molecule has 3 aromatic rings. The van der Waals surface area contributed by atoms with E-state index in [0.717, 1.165) is 30.3 Å². The van der Waals surface area contributed by atoms with Crippen LogP contribution >= 0.6 is 0 Å². The largest absolute Gasteiger partial charge is 0.487 e. The molecule has 0 bridgehead atoms. The Morgan fingerprint density at radius 3 is 1.83 bits per heavy atom. The zero-order chi connectivity index (χ0) is 19.2. The Morgan fingerprint density at radius 2 is 1.21 bits per heavy atom. The van der Waals surface area contributed by atoms with Crippen molar-refractivity contribution >= 4 is 0 Å². The summed E-state index contributed by atoms with van der Waals surface area (Å²) in [5.41, 5.74) is 6.34. The monoisotopic (exact) mass is 386 g/mol. The summed E-state index contributed by atoms with van der Waals surface area (Å²) in [5, 5.41) is 0. The van der Waals surface area contributed by atoms with Crippen LogP contribution in [-0.4, -0.2) is 38.6 Å². The van der Waals surface area contributed by atoms with Crippen molar-refractivity contribution in [2.45, 2.75) is 18.1 Å².